The number of hydrogen-bond donors (Lipinski definition) is 2. The van der Waals surface area contributed by atoms with Crippen LogP contribution in [0.25, 0.3) is 22.2 Å². The summed E-state index contributed by atoms with van der Waals surface area (Å²) in [5, 5.41) is 6.38. The third kappa shape index (κ3) is 4.30. The van der Waals surface area contributed by atoms with E-state index in [-0.39, 0.29) is 6.03 Å². The Labute approximate surface area is 176 Å². The van der Waals surface area contributed by atoms with Crippen LogP contribution in [-0.4, -0.2) is 53.8 Å². The normalized spacial score (nSPS) is 14.1. The Balaban J connectivity index is 1.73. The molecule has 9 heteroatoms. The van der Waals surface area contributed by atoms with Crippen LogP contribution in [0.2, 0.25) is 0 Å². The fraction of sp³-hybridized carbons (Fsp3) is 0.300. The van der Waals surface area contributed by atoms with E-state index in [1.807, 2.05) is 31.2 Å². The summed E-state index contributed by atoms with van der Waals surface area (Å²) in [5.41, 5.74) is 3.25. The average Bonchev–Trinajstić information content (AvgIpc) is 2.75. The van der Waals surface area contributed by atoms with Gasteiger partial charge in [0.25, 0.3) is 0 Å². The van der Waals surface area contributed by atoms with Gasteiger partial charge in [-0.15, -0.1) is 0 Å². The molecule has 150 valence electrons. The molecule has 2 N–H and O–H groups in total. The van der Waals surface area contributed by atoms with Crippen molar-refractivity contribution >= 4 is 44.5 Å². The fourth-order valence-corrected chi connectivity index (χ4v) is 3.59. The highest BCUT2D eigenvalue weighted by molar-refractivity contribution is 9.10. The number of nitrogens with one attached hydrogen (secondary N) is 2. The molecule has 0 radical (unpaired) electrons. The van der Waals surface area contributed by atoms with Crippen LogP contribution in [0.3, 0.4) is 0 Å². The molecule has 8 nitrogen and oxygen atoms in total. The van der Waals surface area contributed by atoms with Crippen molar-refractivity contribution in [3.63, 3.8) is 0 Å². The average molecular weight is 457 g/mol. The van der Waals surface area contributed by atoms with Gasteiger partial charge in [-0.2, -0.15) is 0 Å². The monoisotopic (exact) mass is 456 g/mol. The van der Waals surface area contributed by atoms with Crippen molar-refractivity contribution < 1.29 is 9.53 Å². The van der Waals surface area contributed by atoms with Gasteiger partial charge >= 0.3 is 6.03 Å². The van der Waals surface area contributed by atoms with Crippen LogP contribution < -0.4 is 15.5 Å². The summed E-state index contributed by atoms with van der Waals surface area (Å²) in [5.74, 6) is 0.673. The molecule has 0 saturated carbocycles. The van der Waals surface area contributed by atoms with E-state index in [2.05, 4.69) is 36.4 Å². The molecule has 0 atom stereocenters. The molecule has 0 spiro atoms. The number of ether oxygens (including phenoxy) is 1. The molecule has 0 aliphatic carbocycles. The molecule has 3 heterocycles. The molecular weight excluding hydrogens is 436 g/mol. The number of benzene rings is 1. The van der Waals surface area contributed by atoms with Crippen molar-refractivity contribution in [3.05, 3.63) is 41.1 Å². The minimum Gasteiger partial charge on any atom is -0.378 e. The van der Waals surface area contributed by atoms with Crippen LogP contribution in [0.5, 0.6) is 0 Å². The third-order valence-electron chi connectivity index (χ3n) is 4.60. The maximum absolute atomic E-state index is 11.7. The van der Waals surface area contributed by atoms with Crippen molar-refractivity contribution in [1.82, 2.24) is 20.3 Å². The van der Waals surface area contributed by atoms with E-state index in [9.17, 15) is 4.79 Å². The van der Waals surface area contributed by atoms with Crippen molar-refractivity contribution in [2.75, 3.05) is 43.1 Å². The van der Waals surface area contributed by atoms with Gasteiger partial charge in [0.1, 0.15) is 0 Å². The summed E-state index contributed by atoms with van der Waals surface area (Å²) in [6.45, 7) is 5.28. The Hall–Kier alpha value is -2.78. The first-order valence-corrected chi connectivity index (χ1v) is 10.2. The number of aromatic nitrogens is 3. The van der Waals surface area contributed by atoms with Gasteiger partial charge in [0, 0.05) is 48.7 Å². The SMILES string of the molecule is CCNC(=O)Nc1ccc(-c2nc(N3CCOCC3)nc3c(Br)cncc23)cc1. The summed E-state index contributed by atoms with van der Waals surface area (Å²) in [6, 6.07) is 7.37. The van der Waals surface area contributed by atoms with Crippen molar-refractivity contribution in [2.45, 2.75) is 6.92 Å². The van der Waals surface area contributed by atoms with E-state index in [1.165, 1.54) is 0 Å². The molecule has 4 rings (SSSR count). The Morgan fingerprint density at radius 3 is 2.66 bits per heavy atom. The number of pyridine rings is 1. The quantitative estimate of drug-likeness (QED) is 0.624. The third-order valence-corrected chi connectivity index (χ3v) is 5.18. The molecule has 0 unspecified atom stereocenters. The molecule has 29 heavy (non-hydrogen) atoms. The Bertz CT molecular complexity index is 1020. The lowest BCUT2D eigenvalue weighted by atomic mass is 10.1. The minimum atomic E-state index is -0.226. The van der Waals surface area contributed by atoms with Crippen molar-refractivity contribution in [1.29, 1.82) is 0 Å². The van der Waals surface area contributed by atoms with Gasteiger partial charge in [0.2, 0.25) is 5.95 Å². The number of rotatable bonds is 4. The van der Waals surface area contributed by atoms with E-state index < -0.39 is 0 Å². The Kier molecular flexibility index (Phi) is 5.86. The summed E-state index contributed by atoms with van der Waals surface area (Å²) in [4.78, 5) is 27.8. The van der Waals surface area contributed by atoms with Gasteiger partial charge in [-0.05, 0) is 35.0 Å². The van der Waals surface area contributed by atoms with Gasteiger partial charge in [-0.1, -0.05) is 12.1 Å². The molecule has 0 bridgehead atoms. The summed E-state index contributed by atoms with van der Waals surface area (Å²) < 4.78 is 6.28. The second-order valence-electron chi connectivity index (χ2n) is 6.55. The van der Waals surface area contributed by atoms with E-state index in [0.29, 0.717) is 31.4 Å². The zero-order valence-electron chi connectivity index (χ0n) is 16.0. The number of morpholine rings is 1. The first kappa shape index (κ1) is 19.5. The molecule has 1 aromatic carbocycles. The van der Waals surface area contributed by atoms with Gasteiger partial charge in [-0.3, -0.25) is 4.98 Å². The summed E-state index contributed by atoms with van der Waals surface area (Å²) >= 11 is 3.56. The van der Waals surface area contributed by atoms with Crippen LogP contribution in [-0.2, 0) is 4.74 Å². The molecule has 2 aromatic heterocycles. The van der Waals surface area contributed by atoms with Gasteiger partial charge < -0.3 is 20.3 Å². The lowest BCUT2D eigenvalue weighted by molar-refractivity contribution is 0.122. The van der Waals surface area contributed by atoms with Crippen molar-refractivity contribution in [2.24, 2.45) is 0 Å². The number of halogens is 1. The Morgan fingerprint density at radius 2 is 1.93 bits per heavy atom. The minimum absolute atomic E-state index is 0.226. The molecule has 1 aliphatic heterocycles. The van der Waals surface area contributed by atoms with Crippen LogP contribution in [0.1, 0.15) is 6.92 Å². The molecule has 1 aliphatic rings. The van der Waals surface area contributed by atoms with Crippen LogP contribution >= 0.6 is 15.9 Å². The maximum Gasteiger partial charge on any atom is 0.319 e. The topological polar surface area (TPSA) is 92.3 Å². The number of urea groups is 1. The van der Waals surface area contributed by atoms with Crippen molar-refractivity contribution in [3.8, 4) is 11.3 Å². The van der Waals surface area contributed by atoms with Gasteiger partial charge in [0.15, 0.2) is 0 Å². The van der Waals surface area contributed by atoms with Gasteiger partial charge in [-0.25, -0.2) is 14.8 Å². The lowest BCUT2D eigenvalue weighted by Crippen LogP contribution is -2.37. The number of amides is 2. The number of nitrogens with zero attached hydrogens (tertiary/aromatic N) is 4. The molecule has 3 aromatic rings. The number of fused-ring (bicyclic) bond motifs is 1. The molecule has 1 saturated heterocycles. The molecule has 1 fully saturated rings. The predicted molar refractivity (Wildman–Crippen MR) is 116 cm³/mol. The number of hydrogen-bond acceptors (Lipinski definition) is 6. The highest BCUT2D eigenvalue weighted by Crippen LogP contribution is 2.32. The highest BCUT2D eigenvalue weighted by atomic mass is 79.9. The van der Waals surface area contributed by atoms with Crippen LogP contribution in [0.4, 0.5) is 16.4 Å². The van der Waals surface area contributed by atoms with Gasteiger partial charge in [0.05, 0.1) is 28.9 Å². The van der Waals surface area contributed by atoms with Crippen LogP contribution in [0, 0.1) is 0 Å². The lowest BCUT2D eigenvalue weighted by Gasteiger charge is -2.27. The first-order chi connectivity index (χ1) is 14.2. The molecular formula is C20H21BrN6O2. The zero-order valence-corrected chi connectivity index (χ0v) is 17.6. The van der Waals surface area contributed by atoms with E-state index in [4.69, 9.17) is 14.7 Å². The standard InChI is InChI=1S/C20H21BrN6O2/c1-2-23-20(28)24-14-5-3-13(4-6-14)17-15-11-22-12-16(21)18(15)26-19(25-17)27-7-9-29-10-8-27/h3-6,11-12H,2,7-10H2,1H3,(H2,23,24,28). The largest absolute Gasteiger partial charge is 0.378 e. The fourth-order valence-electron chi connectivity index (χ4n) is 3.17. The molecule has 2 amide bonds. The highest BCUT2D eigenvalue weighted by Gasteiger charge is 2.18. The Morgan fingerprint density at radius 1 is 1.17 bits per heavy atom. The van der Waals surface area contributed by atoms with E-state index in [0.717, 1.165) is 39.7 Å². The summed E-state index contributed by atoms with van der Waals surface area (Å²) in [6.07, 6.45) is 3.51. The number of carbonyl (C=O) groups excluding carboxylic acids is 1. The number of anilines is 2. The summed E-state index contributed by atoms with van der Waals surface area (Å²) in [7, 11) is 0. The smallest absolute Gasteiger partial charge is 0.319 e. The zero-order chi connectivity index (χ0) is 20.2. The second kappa shape index (κ2) is 8.71. The second-order valence-corrected chi connectivity index (χ2v) is 7.41. The van der Waals surface area contributed by atoms with E-state index >= 15 is 0 Å². The number of carbonyl (C=O) groups is 1. The maximum atomic E-state index is 11.7. The predicted octanol–water partition coefficient (Wildman–Crippen LogP) is 3.43. The van der Waals surface area contributed by atoms with E-state index in [1.54, 1.807) is 12.4 Å². The van der Waals surface area contributed by atoms with Crippen LogP contribution in [0.15, 0.2) is 41.1 Å². The first-order valence-electron chi connectivity index (χ1n) is 9.45.